The average molecular weight is 538 g/mol. The molecule has 0 aliphatic heterocycles. The number of hydrogen-bond donors (Lipinski definition) is 4. The summed E-state index contributed by atoms with van der Waals surface area (Å²) in [7, 11) is 0. The third-order valence-corrected chi connectivity index (χ3v) is 5.82. The van der Waals surface area contributed by atoms with Crippen LogP contribution in [0.25, 0.3) is 11.1 Å². The Balaban J connectivity index is 1.39. The third-order valence-electron chi connectivity index (χ3n) is 5.82. The molecule has 0 atom stereocenters. The number of aromatic nitrogens is 3. The van der Waals surface area contributed by atoms with Crippen molar-refractivity contribution in [2.24, 2.45) is 11.5 Å². The van der Waals surface area contributed by atoms with Gasteiger partial charge in [-0.3, -0.25) is 0 Å². The van der Waals surface area contributed by atoms with E-state index in [1.165, 1.54) is 25.7 Å². The van der Waals surface area contributed by atoms with E-state index in [-0.39, 0.29) is 6.01 Å². The second-order valence-corrected chi connectivity index (χ2v) is 9.06. The largest absolute Gasteiger partial charge is 0.494 e. The van der Waals surface area contributed by atoms with Crippen LogP contribution in [0.4, 0.5) is 11.9 Å². The molecule has 0 unspecified atom stereocenters. The maximum absolute atomic E-state index is 5.88. The predicted molar refractivity (Wildman–Crippen MR) is 157 cm³/mol. The highest BCUT2D eigenvalue weighted by molar-refractivity contribution is 5.64. The predicted octanol–water partition coefficient (Wildman–Crippen LogP) is 4.48. The first-order chi connectivity index (χ1) is 19.2. The lowest BCUT2D eigenvalue weighted by atomic mass is 10.1. The zero-order valence-corrected chi connectivity index (χ0v) is 23.0. The standard InChI is InChI=1S/C29H43N7O3/c1-2-3-4-5-6-20-37-25-12-8-23(9-13-25)24-10-14-26(15-11-24)38-21-7-22-39-29-35-27(32-18-16-30)34-28(36-29)33-19-17-31/h8-15H,2-7,16-22,30-31H2,1H3,(H2,32,33,34,35,36). The lowest BCUT2D eigenvalue weighted by Crippen LogP contribution is -2.19. The lowest BCUT2D eigenvalue weighted by Gasteiger charge is -2.11. The van der Waals surface area contributed by atoms with E-state index < -0.39 is 0 Å². The number of hydrogen-bond acceptors (Lipinski definition) is 10. The van der Waals surface area contributed by atoms with Crippen molar-refractivity contribution in [3.63, 3.8) is 0 Å². The first kappa shape index (κ1) is 29.9. The maximum Gasteiger partial charge on any atom is 0.323 e. The van der Waals surface area contributed by atoms with Gasteiger partial charge in [0, 0.05) is 32.6 Å². The molecule has 0 radical (unpaired) electrons. The van der Waals surface area contributed by atoms with Crippen molar-refractivity contribution in [1.29, 1.82) is 0 Å². The second-order valence-electron chi connectivity index (χ2n) is 9.06. The van der Waals surface area contributed by atoms with Crippen LogP contribution >= 0.6 is 0 Å². The van der Waals surface area contributed by atoms with Gasteiger partial charge < -0.3 is 36.3 Å². The molecule has 6 N–H and O–H groups in total. The molecule has 0 saturated carbocycles. The van der Waals surface area contributed by atoms with E-state index in [1.807, 2.05) is 24.3 Å². The van der Waals surface area contributed by atoms with Gasteiger partial charge in [-0.15, -0.1) is 0 Å². The molecular formula is C29H43N7O3. The molecule has 0 bridgehead atoms. The van der Waals surface area contributed by atoms with Crippen LogP contribution in [0.1, 0.15) is 45.4 Å². The highest BCUT2D eigenvalue weighted by Gasteiger charge is 2.07. The summed E-state index contributed by atoms with van der Waals surface area (Å²) < 4.78 is 17.5. The average Bonchev–Trinajstić information content (AvgIpc) is 2.97. The van der Waals surface area contributed by atoms with E-state index >= 15 is 0 Å². The van der Waals surface area contributed by atoms with E-state index in [1.54, 1.807) is 0 Å². The number of nitrogens with zero attached hydrogens (tertiary/aromatic N) is 3. The number of rotatable bonds is 20. The number of nitrogens with one attached hydrogen (secondary N) is 2. The number of ether oxygens (including phenoxy) is 3. The Morgan fingerprint density at radius 2 is 1.08 bits per heavy atom. The fraction of sp³-hybridized carbons (Fsp3) is 0.483. The lowest BCUT2D eigenvalue weighted by molar-refractivity contribution is 0.236. The smallest absolute Gasteiger partial charge is 0.323 e. The van der Waals surface area contributed by atoms with E-state index in [0.29, 0.717) is 57.7 Å². The molecule has 39 heavy (non-hydrogen) atoms. The van der Waals surface area contributed by atoms with Crippen molar-refractivity contribution >= 4 is 11.9 Å². The zero-order valence-electron chi connectivity index (χ0n) is 23.0. The number of anilines is 2. The summed E-state index contributed by atoms with van der Waals surface area (Å²) in [6.07, 6.45) is 6.86. The number of unbranched alkanes of at least 4 members (excludes halogenated alkanes) is 4. The van der Waals surface area contributed by atoms with Crippen molar-refractivity contribution in [3.05, 3.63) is 48.5 Å². The van der Waals surface area contributed by atoms with Gasteiger partial charge in [0.1, 0.15) is 11.5 Å². The molecule has 3 rings (SSSR count). The Hall–Kier alpha value is -3.63. The summed E-state index contributed by atoms with van der Waals surface area (Å²) in [4.78, 5) is 12.8. The van der Waals surface area contributed by atoms with Gasteiger partial charge in [-0.25, -0.2) is 0 Å². The van der Waals surface area contributed by atoms with Crippen molar-refractivity contribution < 1.29 is 14.2 Å². The van der Waals surface area contributed by atoms with Crippen molar-refractivity contribution in [1.82, 2.24) is 15.0 Å². The number of benzene rings is 2. The van der Waals surface area contributed by atoms with Gasteiger partial charge in [0.15, 0.2) is 0 Å². The molecule has 0 saturated heterocycles. The molecule has 212 valence electrons. The molecule has 0 spiro atoms. The van der Waals surface area contributed by atoms with Gasteiger partial charge in [-0.2, -0.15) is 15.0 Å². The molecule has 1 aromatic heterocycles. The van der Waals surface area contributed by atoms with Gasteiger partial charge in [0.25, 0.3) is 0 Å². The van der Waals surface area contributed by atoms with Crippen LogP contribution in [0, 0.1) is 0 Å². The van der Waals surface area contributed by atoms with Crippen LogP contribution in [0.15, 0.2) is 48.5 Å². The molecular weight excluding hydrogens is 494 g/mol. The summed E-state index contributed by atoms with van der Waals surface area (Å²) >= 11 is 0. The molecule has 0 amide bonds. The Labute approximate surface area is 231 Å². The molecule has 2 aromatic carbocycles. The summed E-state index contributed by atoms with van der Waals surface area (Å²) in [5.74, 6) is 2.53. The van der Waals surface area contributed by atoms with Crippen molar-refractivity contribution in [2.75, 3.05) is 56.6 Å². The SMILES string of the molecule is CCCCCCCOc1ccc(-c2ccc(OCCCOc3nc(NCCN)nc(NCCN)n3)cc2)cc1. The minimum absolute atomic E-state index is 0.233. The van der Waals surface area contributed by atoms with Crippen LogP contribution in [0.2, 0.25) is 0 Å². The van der Waals surface area contributed by atoms with Gasteiger partial charge in [-0.1, -0.05) is 56.9 Å². The quantitative estimate of drug-likeness (QED) is 0.152. The molecule has 0 fully saturated rings. The maximum atomic E-state index is 5.88. The van der Waals surface area contributed by atoms with Gasteiger partial charge in [0.05, 0.1) is 19.8 Å². The molecule has 0 aliphatic carbocycles. The molecule has 0 aliphatic rings. The molecule has 1 heterocycles. The first-order valence-electron chi connectivity index (χ1n) is 13.9. The highest BCUT2D eigenvalue weighted by atomic mass is 16.5. The Kier molecular flexibility index (Phi) is 13.7. The Morgan fingerprint density at radius 3 is 1.59 bits per heavy atom. The molecule has 3 aromatic rings. The summed E-state index contributed by atoms with van der Waals surface area (Å²) in [6, 6.07) is 16.6. The van der Waals surface area contributed by atoms with Crippen LogP contribution in [0.5, 0.6) is 17.5 Å². The summed E-state index contributed by atoms with van der Waals surface area (Å²) in [6.45, 7) is 5.94. The van der Waals surface area contributed by atoms with E-state index in [9.17, 15) is 0 Å². The van der Waals surface area contributed by atoms with Crippen molar-refractivity contribution in [2.45, 2.75) is 45.4 Å². The number of nitrogens with two attached hydrogens (primary N) is 2. The van der Waals surface area contributed by atoms with Crippen LogP contribution in [-0.4, -0.2) is 61.0 Å². The summed E-state index contributed by atoms with van der Waals surface area (Å²) in [5, 5.41) is 6.08. The van der Waals surface area contributed by atoms with Crippen molar-refractivity contribution in [3.8, 4) is 28.6 Å². The Morgan fingerprint density at radius 1 is 0.590 bits per heavy atom. The minimum Gasteiger partial charge on any atom is -0.494 e. The van der Waals surface area contributed by atoms with Gasteiger partial charge in [-0.05, 0) is 41.8 Å². The fourth-order valence-electron chi connectivity index (χ4n) is 3.74. The first-order valence-corrected chi connectivity index (χ1v) is 13.9. The Bertz CT molecular complexity index is 1040. The normalized spacial score (nSPS) is 10.7. The van der Waals surface area contributed by atoms with E-state index in [2.05, 4.69) is 56.8 Å². The summed E-state index contributed by atoms with van der Waals surface area (Å²) in [5.41, 5.74) is 13.4. The van der Waals surface area contributed by atoms with E-state index in [4.69, 9.17) is 25.7 Å². The minimum atomic E-state index is 0.233. The molecule has 10 nitrogen and oxygen atoms in total. The zero-order chi connectivity index (χ0) is 27.5. The highest BCUT2D eigenvalue weighted by Crippen LogP contribution is 2.25. The molecule has 10 heteroatoms. The van der Waals surface area contributed by atoms with E-state index in [0.717, 1.165) is 35.7 Å². The van der Waals surface area contributed by atoms with Crippen LogP contribution < -0.4 is 36.3 Å². The topological polar surface area (TPSA) is 142 Å². The second kappa shape index (κ2) is 17.8. The monoisotopic (exact) mass is 537 g/mol. The third kappa shape index (κ3) is 11.3. The van der Waals surface area contributed by atoms with Crippen LogP contribution in [0.3, 0.4) is 0 Å². The van der Waals surface area contributed by atoms with Crippen LogP contribution in [-0.2, 0) is 0 Å². The fourth-order valence-corrected chi connectivity index (χ4v) is 3.74. The van der Waals surface area contributed by atoms with Gasteiger partial charge in [0.2, 0.25) is 11.9 Å². The van der Waals surface area contributed by atoms with Gasteiger partial charge >= 0.3 is 6.01 Å².